The SMILES string of the molecule is COc1ccc(C(CNC(=O)c2sccc2C)N2CCCCC2)cc1. The van der Waals surface area contributed by atoms with Gasteiger partial charge in [0.05, 0.1) is 18.0 Å². The van der Waals surface area contributed by atoms with Crippen molar-refractivity contribution in [3.63, 3.8) is 0 Å². The number of aryl methyl sites for hydroxylation is 1. The lowest BCUT2D eigenvalue weighted by molar-refractivity contribution is 0.0928. The molecular weight excluding hydrogens is 332 g/mol. The van der Waals surface area contributed by atoms with Crippen LogP contribution >= 0.6 is 11.3 Å². The molecule has 2 aromatic rings. The molecule has 2 heterocycles. The largest absolute Gasteiger partial charge is 0.497 e. The second-order valence-electron chi connectivity index (χ2n) is 6.53. The van der Waals surface area contributed by atoms with Crippen LogP contribution in [0.2, 0.25) is 0 Å². The third-order valence-electron chi connectivity index (χ3n) is 4.86. The number of carbonyl (C=O) groups excluding carboxylic acids is 1. The molecule has 1 saturated heterocycles. The Kier molecular flexibility index (Phi) is 6.10. The predicted molar refractivity (Wildman–Crippen MR) is 103 cm³/mol. The van der Waals surface area contributed by atoms with Crippen molar-refractivity contribution in [1.82, 2.24) is 10.2 Å². The predicted octanol–water partition coefficient (Wildman–Crippen LogP) is 4.02. The van der Waals surface area contributed by atoms with Crippen molar-refractivity contribution >= 4 is 17.2 Å². The molecule has 0 aliphatic carbocycles. The summed E-state index contributed by atoms with van der Waals surface area (Å²) in [4.78, 5) is 15.8. The van der Waals surface area contributed by atoms with Crippen LogP contribution in [-0.4, -0.2) is 37.6 Å². The van der Waals surface area contributed by atoms with Crippen LogP contribution in [0.25, 0.3) is 0 Å². The molecule has 1 unspecified atom stereocenters. The van der Waals surface area contributed by atoms with Crippen LogP contribution < -0.4 is 10.1 Å². The van der Waals surface area contributed by atoms with Crippen LogP contribution in [0.4, 0.5) is 0 Å². The maximum absolute atomic E-state index is 12.5. The summed E-state index contributed by atoms with van der Waals surface area (Å²) in [6.45, 7) is 4.79. The van der Waals surface area contributed by atoms with Gasteiger partial charge < -0.3 is 10.1 Å². The Hall–Kier alpha value is -1.85. The van der Waals surface area contributed by atoms with E-state index in [4.69, 9.17) is 4.74 Å². The molecule has 0 spiro atoms. The van der Waals surface area contributed by atoms with Crippen LogP contribution in [-0.2, 0) is 0 Å². The van der Waals surface area contributed by atoms with E-state index in [1.165, 1.54) is 36.2 Å². The first-order chi connectivity index (χ1) is 12.2. The van der Waals surface area contributed by atoms with Crippen LogP contribution in [0.15, 0.2) is 35.7 Å². The number of hydrogen-bond donors (Lipinski definition) is 1. The highest BCUT2D eigenvalue weighted by atomic mass is 32.1. The number of thiophene rings is 1. The van der Waals surface area contributed by atoms with Crippen molar-refractivity contribution in [2.75, 3.05) is 26.7 Å². The van der Waals surface area contributed by atoms with E-state index < -0.39 is 0 Å². The first-order valence-corrected chi connectivity index (χ1v) is 9.77. The van der Waals surface area contributed by atoms with Gasteiger partial charge in [-0.15, -0.1) is 11.3 Å². The number of likely N-dealkylation sites (tertiary alicyclic amines) is 1. The van der Waals surface area contributed by atoms with Gasteiger partial charge in [0, 0.05) is 6.54 Å². The van der Waals surface area contributed by atoms with Crippen LogP contribution in [0.5, 0.6) is 5.75 Å². The molecule has 0 saturated carbocycles. The Bertz CT molecular complexity index is 690. The van der Waals surface area contributed by atoms with E-state index in [9.17, 15) is 4.79 Å². The summed E-state index contributed by atoms with van der Waals surface area (Å²) in [5.41, 5.74) is 2.27. The number of nitrogens with one attached hydrogen (secondary N) is 1. The van der Waals surface area contributed by atoms with Gasteiger partial charge in [-0.2, -0.15) is 0 Å². The Balaban J connectivity index is 1.73. The maximum Gasteiger partial charge on any atom is 0.261 e. The Labute approximate surface area is 153 Å². The summed E-state index contributed by atoms with van der Waals surface area (Å²) in [6.07, 6.45) is 3.75. The summed E-state index contributed by atoms with van der Waals surface area (Å²) in [5.74, 6) is 0.891. The minimum absolute atomic E-state index is 0.0306. The van der Waals surface area contributed by atoms with E-state index in [1.54, 1.807) is 7.11 Å². The summed E-state index contributed by atoms with van der Waals surface area (Å²) in [5, 5.41) is 5.12. The molecule has 1 aliphatic rings. The molecule has 1 aliphatic heterocycles. The van der Waals surface area contributed by atoms with Crippen molar-refractivity contribution in [2.24, 2.45) is 0 Å². The maximum atomic E-state index is 12.5. The number of nitrogens with zero attached hydrogens (tertiary/aromatic N) is 1. The fourth-order valence-electron chi connectivity index (χ4n) is 3.39. The van der Waals surface area contributed by atoms with Crippen LogP contribution in [0.3, 0.4) is 0 Å². The number of amides is 1. The molecule has 1 amide bonds. The van der Waals surface area contributed by atoms with Crippen molar-refractivity contribution in [3.8, 4) is 5.75 Å². The van der Waals surface area contributed by atoms with E-state index in [-0.39, 0.29) is 11.9 Å². The van der Waals surface area contributed by atoms with E-state index >= 15 is 0 Å². The molecule has 0 radical (unpaired) electrons. The standard InChI is InChI=1S/C20H26N2O2S/c1-15-10-13-25-19(15)20(23)21-14-18(22-11-4-3-5-12-22)16-6-8-17(24-2)9-7-16/h6-10,13,18H,3-5,11-12,14H2,1-2H3,(H,21,23). The molecule has 1 aromatic heterocycles. The third-order valence-corrected chi connectivity index (χ3v) is 5.87. The Morgan fingerprint density at radius 2 is 1.92 bits per heavy atom. The number of benzene rings is 1. The van der Waals surface area contributed by atoms with Gasteiger partial charge in [0.2, 0.25) is 0 Å². The topological polar surface area (TPSA) is 41.6 Å². The Morgan fingerprint density at radius 1 is 1.20 bits per heavy atom. The lowest BCUT2D eigenvalue weighted by Gasteiger charge is -2.35. The highest BCUT2D eigenvalue weighted by molar-refractivity contribution is 7.12. The van der Waals surface area contributed by atoms with Gasteiger partial charge in [0.1, 0.15) is 5.75 Å². The molecule has 0 bridgehead atoms. The molecule has 134 valence electrons. The average molecular weight is 359 g/mol. The Morgan fingerprint density at radius 3 is 2.52 bits per heavy atom. The monoisotopic (exact) mass is 358 g/mol. The van der Waals surface area contributed by atoms with E-state index in [0.717, 1.165) is 29.3 Å². The second-order valence-corrected chi connectivity index (χ2v) is 7.44. The van der Waals surface area contributed by atoms with Gasteiger partial charge in [-0.3, -0.25) is 9.69 Å². The first-order valence-electron chi connectivity index (χ1n) is 8.89. The van der Waals surface area contributed by atoms with Crippen molar-refractivity contribution in [2.45, 2.75) is 32.2 Å². The molecule has 1 fully saturated rings. The normalized spacial score (nSPS) is 16.4. The van der Waals surface area contributed by atoms with E-state index in [1.807, 2.05) is 30.5 Å². The van der Waals surface area contributed by atoms with Crippen molar-refractivity contribution < 1.29 is 9.53 Å². The highest BCUT2D eigenvalue weighted by Crippen LogP contribution is 2.26. The smallest absolute Gasteiger partial charge is 0.261 e. The lowest BCUT2D eigenvalue weighted by Crippen LogP contribution is -2.40. The number of methoxy groups -OCH3 is 1. The molecule has 1 N–H and O–H groups in total. The number of piperidine rings is 1. The molecule has 4 nitrogen and oxygen atoms in total. The zero-order chi connectivity index (χ0) is 17.6. The van der Waals surface area contributed by atoms with Gasteiger partial charge in [0.25, 0.3) is 5.91 Å². The van der Waals surface area contributed by atoms with Gasteiger partial charge >= 0.3 is 0 Å². The molecule has 1 atom stereocenters. The third kappa shape index (κ3) is 4.41. The minimum Gasteiger partial charge on any atom is -0.497 e. The summed E-state index contributed by atoms with van der Waals surface area (Å²) in [6, 6.07) is 10.4. The summed E-state index contributed by atoms with van der Waals surface area (Å²) < 4.78 is 5.27. The number of hydrogen-bond acceptors (Lipinski definition) is 4. The fraction of sp³-hybridized carbons (Fsp3) is 0.450. The van der Waals surface area contributed by atoms with E-state index in [0.29, 0.717) is 6.54 Å². The molecular formula is C20H26N2O2S. The molecule has 5 heteroatoms. The second kappa shape index (κ2) is 8.50. The van der Waals surface area contributed by atoms with Gasteiger partial charge in [0.15, 0.2) is 0 Å². The zero-order valence-electron chi connectivity index (χ0n) is 15.0. The van der Waals surface area contributed by atoms with Gasteiger partial charge in [-0.25, -0.2) is 0 Å². The number of carbonyl (C=O) groups is 1. The van der Waals surface area contributed by atoms with Crippen LogP contribution in [0, 0.1) is 6.92 Å². The minimum atomic E-state index is 0.0306. The van der Waals surface area contributed by atoms with Crippen LogP contribution in [0.1, 0.15) is 46.1 Å². The lowest BCUT2D eigenvalue weighted by atomic mass is 10.0. The molecule has 1 aromatic carbocycles. The van der Waals surface area contributed by atoms with Gasteiger partial charge in [-0.05, 0) is 67.6 Å². The molecule has 3 rings (SSSR count). The first kappa shape index (κ1) is 18.0. The highest BCUT2D eigenvalue weighted by Gasteiger charge is 2.23. The molecule has 25 heavy (non-hydrogen) atoms. The summed E-state index contributed by atoms with van der Waals surface area (Å²) >= 11 is 1.50. The van der Waals surface area contributed by atoms with Gasteiger partial charge in [-0.1, -0.05) is 18.6 Å². The quantitative estimate of drug-likeness (QED) is 0.848. The summed E-state index contributed by atoms with van der Waals surface area (Å²) in [7, 11) is 1.68. The number of ether oxygens (including phenoxy) is 1. The van der Waals surface area contributed by atoms with E-state index in [2.05, 4.69) is 22.3 Å². The number of rotatable bonds is 6. The fourth-order valence-corrected chi connectivity index (χ4v) is 4.23. The zero-order valence-corrected chi connectivity index (χ0v) is 15.8. The van der Waals surface area contributed by atoms with Crippen molar-refractivity contribution in [1.29, 1.82) is 0 Å². The average Bonchev–Trinajstić information content (AvgIpc) is 3.09. The van der Waals surface area contributed by atoms with Crippen molar-refractivity contribution in [3.05, 3.63) is 51.7 Å².